The van der Waals surface area contributed by atoms with E-state index < -0.39 is 211 Å². The molecule has 0 aromatic carbocycles. The van der Waals surface area contributed by atoms with Crippen LogP contribution in [0.1, 0.15) is 96.3 Å². The van der Waals surface area contributed by atoms with Crippen LogP contribution in [0.3, 0.4) is 0 Å². The van der Waals surface area contributed by atoms with E-state index in [1.165, 1.54) is 0 Å². The summed E-state index contributed by atoms with van der Waals surface area (Å²) in [5, 5.41) is 2.79. The predicted molar refractivity (Wildman–Crippen MR) is 315 cm³/mol. The molecule has 0 saturated heterocycles. The molecule has 0 aliphatic heterocycles. The van der Waals surface area contributed by atoms with Gasteiger partial charge in [0.1, 0.15) is 7.60 Å². The first-order chi connectivity index (χ1) is 45.5. The molecule has 0 fully saturated rings. The first-order valence-corrected chi connectivity index (χ1v) is 47.2. The molecule has 588 valence electrons. The number of hydrogen-bond acceptors (Lipinski definition) is 45. The average molecular weight is 1670 g/mol. The second-order valence-corrected chi connectivity index (χ2v) is 35.7. The predicted octanol–water partition coefficient (Wildman–Crippen LogP) is 0.533. The van der Waals surface area contributed by atoms with E-state index >= 15 is 0 Å². The van der Waals surface area contributed by atoms with Crippen LogP contribution in [0, 0.1) is 0 Å². The van der Waals surface area contributed by atoms with Gasteiger partial charge in [0, 0.05) is 25.4 Å². The molecule has 0 aromatic rings. The molecule has 0 radical (unpaired) electrons. The van der Waals surface area contributed by atoms with Gasteiger partial charge in [-0.25, -0.2) is 0 Å². The lowest BCUT2D eigenvalue weighted by molar-refractivity contribution is -0.231. The van der Waals surface area contributed by atoms with E-state index in [1.807, 2.05) is 6.26 Å². The van der Waals surface area contributed by atoms with Gasteiger partial charge in [-0.15, -0.1) is 0 Å². The highest BCUT2D eigenvalue weighted by molar-refractivity contribution is 7.98. The van der Waals surface area contributed by atoms with Gasteiger partial charge in [0.15, 0.2) is 0 Å². The van der Waals surface area contributed by atoms with Crippen LogP contribution in [0.25, 0.3) is 0 Å². The number of rotatable bonds is 71. The summed E-state index contributed by atoms with van der Waals surface area (Å²) in [5.74, 6) is 0.697. The molecule has 0 aliphatic carbocycles. The van der Waals surface area contributed by atoms with Gasteiger partial charge in [-0.3, -0.25) is 50.4 Å². The van der Waals surface area contributed by atoms with Crippen LogP contribution >= 0.6 is 97.6 Å². The van der Waals surface area contributed by atoms with Gasteiger partial charge in [0.25, 0.3) is 78.2 Å². The van der Waals surface area contributed by atoms with E-state index in [4.69, 9.17) is 4.52 Å². The minimum atomic E-state index is -5.01. The molecule has 0 aromatic heterocycles. The lowest BCUT2D eigenvalue weighted by Crippen LogP contribution is -2.24. The Morgan fingerprint density at radius 2 is 0.408 bits per heavy atom. The van der Waals surface area contributed by atoms with Crippen molar-refractivity contribution in [1.82, 2.24) is 5.32 Å². The van der Waals surface area contributed by atoms with Crippen molar-refractivity contribution in [2.45, 2.75) is 96.3 Å². The lowest BCUT2D eigenvalue weighted by atomic mass is 10.2. The number of unbranched alkanes of at least 4 members (excludes halogenated alkanes) is 3. The zero-order valence-electron chi connectivity index (χ0n) is 53.2. The Kier molecular flexibility index (Phi) is 54.4. The number of phosphoric ester groups is 10. The molecule has 11 atom stereocenters. The van der Waals surface area contributed by atoms with Gasteiger partial charge in [0.05, 0.1) is 139 Å². The molecule has 98 heavy (non-hydrogen) atoms. The summed E-state index contributed by atoms with van der Waals surface area (Å²) in [6, 6.07) is 0. The minimum absolute atomic E-state index is 0.0328. The van der Waals surface area contributed by atoms with Gasteiger partial charge in [0.2, 0.25) is 5.91 Å². The summed E-state index contributed by atoms with van der Waals surface area (Å²) >= 11 is 1.57. The number of amides is 1. The maximum Gasteiger partial charge on any atom is 0.267 e. The van der Waals surface area contributed by atoms with Crippen molar-refractivity contribution >= 4 is 103 Å². The fourth-order valence-electron chi connectivity index (χ4n) is 5.81. The highest BCUT2D eigenvalue weighted by Gasteiger charge is 2.19. The fourth-order valence-corrected chi connectivity index (χ4v) is 14.5. The van der Waals surface area contributed by atoms with Crippen LogP contribution in [0.5, 0.6) is 0 Å². The van der Waals surface area contributed by atoms with E-state index in [0.29, 0.717) is 32.2 Å². The van der Waals surface area contributed by atoms with Crippen molar-refractivity contribution in [1.29, 1.82) is 0 Å². The van der Waals surface area contributed by atoms with Crippen molar-refractivity contribution in [2.75, 3.05) is 164 Å². The number of thioether (sulfide) groups is 1. The molecule has 0 aliphatic rings. The van der Waals surface area contributed by atoms with E-state index in [-0.39, 0.29) is 83.3 Å². The molecular weight excluding hydrogens is 1580 g/mol. The minimum Gasteiger partial charge on any atom is -0.779 e. The summed E-state index contributed by atoms with van der Waals surface area (Å²) < 4.78 is 226. The van der Waals surface area contributed by atoms with Crippen molar-refractivity contribution < 1.29 is 204 Å². The zero-order chi connectivity index (χ0) is 74.2. The lowest BCUT2D eigenvalue weighted by Gasteiger charge is -2.25. The molecule has 0 rings (SSSR count). The quantitative estimate of drug-likeness (QED) is 0.0641. The summed E-state index contributed by atoms with van der Waals surface area (Å²) in [6.07, 6.45) is 1.95. The van der Waals surface area contributed by atoms with Crippen LogP contribution in [0.15, 0.2) is 0 Å². The molecule has 1 N–H and O–H groups in total. The standard InChI is InChI=1S/C41H94NO44P11S/c1-87(44,45)66-20-7-21-68-89(48,49)70-24-9-25-72-91(52,53)74-28-11-29-76-93(56,57)78-32-13-33-80-95(60,61)82-36-15-37-84-97(64,65)86-39-16-38-85-96(62,63)83-35-14-34-81-94(58,59)79-31-12-30-77-92(54,55)75-27-10-26-73-90(50,51)71-23-8-22-69-88(46,47)67-19-6-4-3-5-18-42-41(43)17-40-98-2/h3-40H2,1-2H3,(H,42,43)(H,44,45)(H,46,47)(H,48,49)(H,50,51)(H,52,53)(H,54,55)(H,56,57)(H,58,59)(H,60,61)(H,62,63)(H,64,65)/p-11. The zero-order valence-corrected chi connectivity index (χ0v) is 63.8. The third-order valence-electron chi connectivity index (χ3n) is 10.1. The highest BCUT2D eigenvalue weighted by Crippen LogP contribution is 2.46. The summed E-state index contributed by atoms with van der Waals surface area (Å²) in [4.78, 5) is 142. The molecule has 0 heterocycles. The first kappa shape index (κ1) is 99.1. The number of carbonyl (C=O) groups excluding carboxylic acids is 1. The third kappa shape index (κ3) is 65.4. The largest absolute Gasteiger partial charge is 0.779 e. The Bertz CT molecular complexity index is 2720. The van der Waals surface area contributed by atoms with Crippen LogP contribution in [0.2, 0.25) is 0 Å². The van der Waals surface area contributed by atoms with Gasteiger partial charge in [-0.2, -0.15) is 11.8 Å². The van der Waals surface area contributed by atoms with Crippen molar-refractivity contribution in [3.05, 3.63) is 0 Å². The fraction of sp³-hybridized carbons (Fsp3) is 0.976. The Morgan fingerprint density at radius 3 is 0.571 bits per heavy atom. The third-order valence-corrected chi connectivity index (χ3v) is 21.4. The molecule has 45 nitrogen and oxygen atoms in total. The van der Waals surface area contributed by atoms with Crippen molar-refractivity contribution in [3.8, 4) is 0 Å². The molecule has 57 heteroatoms. The second kappa shape index (κ2) is 53.8. The van der Waals surface area contributed by atoms with Gasteiger partial charge >= 0.3 is 0 Å². The van der Waals surface area contributed by atoms with Crippen LogP contribution in [-0.4, -0.2) is 170 Å². The Labute approximate surface area is 570 Å². The Balaban J connectivity index is 4.05. The van der Waals surface area contributed by atoms with Crippen LogP contribution < -0.4 is 59.1 Å². The highest BCUT2D eigenvalue weighted by atomic mass is 32.2. The van der Waals surface area contributed by atoms with Crippen LogP contribution in [0.4, 0.5) is 0 Å². The summed E-state index contributed by atoms with van der Waals surface area (Å²) in [7, 11) is -53.2. The first-order valence-electron chi connectivity index (χ1n) is 29.2. The maximum absolute atomic E-state index is 12.0. The summed E-state index contributed by atoms with van der Waals surface area (Å²) in [6.45, 7) is -10.7. The van der Waals surface area contributed by atoms with E-state index in [2.05, 4.69) is 95.8 Å². The van der Waals surface area contributed by atoms with Gasteiger partial charge < -0.3 is 159 Å². The molecular formula is C41H83NO44P11S-11. The van der Waals surface area contributed by atoms with Gasteiger partial charge in [-0.1, -0.05) is 12.8 Å². The summed E-state index contributed by atoms with van der Waals surface area (Å²) in [5.41, 5.74) is 0. The van der Waals surface area contributed by atoms with E-state index in [9.17, 15) is 109 Å². The monoisotopic (exact) mass is 1670 g/mol. The second-order valence-electron chi connectivity index (χ2n) is 18.8. The topological polar surface area (TPSA) is 664 Å². The molecule has 11 unspecified atom stereocenters. The molecule has 1 amide bonds. The number of phosphoric acid groups is 10. The van der Waals surface area contributed by atoms with Crippen molar-refractivity contribution in [3.63, 3.8) is 0 Å². The average Bonchev–Trinajstić information content (AvgIpc) is 1.01. The van der Waals surface area contributed by atoms with Crippen LogP contribution in [-0.2, 0) is 150 Å². The van der Waals surface area contributed by atoms with E-state index in [1.54, 1.807) is 11.8 Å². The SMILES string of the molecule is CSCCC(=O)NCCCCCCOP(=O)([O-])OCCCOP(=O)([O-])OCCCOP(=O)([O-])OCCCOP(=O)([O-])OCCCOP(=O)([O-])OCCCOP(=O)([O-])OCCCOP(=O)([O-])OCCCOP(=O)([O-])OCCCOP(=O)([O-])OCCCOP(=O)([O-])OCCCOP(C)(=O)[O-]. The van der Waals surface area contributed by atoms with Gasteiger partial charge in [-0.05, 0) is 83.3 Å². The number of carbonyl (C=O) groups is 1. The molecule has 0 spiro atoms. The molecule has 0 saturated carbocycles. The smallest absolute Gasteiger partial charge is 0.267 e. The van der Waals surface area contributed by atoms with E-state index in [0.717, 1.165) is 18.8 Å². The normalized spacial score (nSPS) is 19.0. The Morgan fingerprint density at radius 1 is 0.255 bits per heavy atom. The Hall–Kier alpha value is 1.07. The van der Waals surface area contributed by atoms with Crippen molar-refractivity contribution in [2.24, 2.45) is 0 Å². The maximum atomic E-state index is 12.0. The number of nitrogens with one attached hydrogen (secondary N) is 1. The molecule has 0 bridgehead atoms. The number of hydrogen-bond donors (Lipinski definition) is 1.